The minimum absolute atomic E-state index is 0.0293. The molecular weight excluding hydrogens is 420 g/mol. The molecule has 1 saturated carbocycles. The summed E-state index contributed by atoms with van der Waals surface area (Å²) in [4.78, 5) is 16.9. The number of para-hydroxylation sites is 1. The van der Waals surface area contributed by atoms with Crippen LogP contribution in [0.4, 0.5) is 5.69 Å². The molecule has 3 aromatic rings. The highest BCUT2D eigenvalue weighted by atomic mass is 32.2. The highest BCUT2D eigenvalue weighted by Gasteiger charge is 2.28. The monoisotopic (exact) mass is 442 g/mol. The minimum atomic E-state index is -3.56. The lowest BCUT2D eigenvalue weighted by atomic mass is 10.2. The third-order valence-corrected chi connectivity index (χ3v) is 7.13. The molecule has 1 aliphatic rings. The Hall–Kier alpha value is -2.62. The third-order valence-electron chi connectivity index (χ3n) is 4.64. The zero-order valence-electron chi connectivity index (χ0n) is 16.4. The molecule has 0 saturated heterocycles. The number of nitrogens with zero attached hydrogens (tertiary/aromatic N) is 2. The van der Waals surface area contributed by atoms with E-state index in [0.29, 0.717) is 10.8 Å². The van der Waals surface area contributed by atoms with Crippen molar-refractivity contribution in [2.75, 3.05) is 11.1 Å². The van der Waals surface area contributed by atoms with Gasteiger partial charge in [-0.25, -0.2) is 18.1 Å². The maximum atomic E-state index is 12.4. The molecule has 0 bridgehead atoms. The van der Waals surface area contributed by atoms with E-state index >= 15 is 0 Å². The summed E-state index contributed by atoms with van der Waals surface area (Å²) >= 11 is 1.32. The first-order valence-electron chi connectivity index (χ1n) is 9.57. The van der Waals surface area contributed by atoms with Crippen LogP contribution in [0.15, 0.2) is 71.0 Å². The van der Waals surface area contributed by atoms with Crippen LogP contribution in [0.25, 0.3) is 5.69 Å². The molecule has 7 nitrogen and oxygen atoms in total. The first kappa shape index (κ1) is 20.6. The average molecular weight is 443 g/mol. The summed E-state index contributed by atoms with van der Waals surface area (Å²) < 4.78 is 29.3. The number of thioether (sulfide) groups is 1. The Kier molecular flexibility index (Phi) is 5.94. The first-order chi connectivity index (χ1) is 14.4. The second-order valence-corrected chi connectivity index (χ2v) is 9.78. The van der Waals surface area contributed by atoms with E-state index in [2.05, 4.69) is 15.0 Å². The van der Waals surface area contributed by atoms with Crippen molar-refractivity contribution in [3.8, 4) is 5.69 Å². The van der Waals surface area contributed by atoms with Crippen molar-refractivity contribution in [3.05, 3.63) is 66.5 Å². The Labute approximate surface area is 180 Å². The summed E-state index contributed by atoms with van der Waals surface area (Å²) in [5, 5.41) is 3.48. The predicted octanol–water partition coefficient (Wildman–Crippen LogP) is 3.35. The molecule has 4 rings (SSSR count). The van der Waals surface area contributed by atoms with E-state index in [0.717, 1.165) is 24.1 Å². The van der Waals surface area contributed by atoms with E-state index in [1.165, 1.54) is 23.9 Å². The van der Waals surface area contributed by atoms with E-state index in [-0.39, 0.29) is 22.6 Å². The van der Waals surface area contributed by atoms with Gasteiger partial charge in [-0.2, -0.15) is 0 Å². The lowest BCUT2D eigenvalue weighted by Crippen LogP contribution is -2.25. The first-order valence-corrected chi connectivity index (χ1v) is 12.0. The molecular formula is C21H22N4O3S2. The maximum absolute atomic E-state index is 12.4. The van der Waals surface area contributed by atoms with Gasteiger partial charge in [0.25, 0.3) is 0 Å². The Morgan fingerprint density at radius 3 is 2.77 bits per heavy atom. The van der Waals surface area contributed by atoms with Crippen LogP contribution in [0.5, 0.6) is 0 Å². The maximum Gasteiger partial charge on any atom is 0.240 e. The van der Waals surface area contributed by atoms with E-state index in [4.69, 9.17) is 0 Å². The number of hydrogen-bond donors (Lipinski definition) is 2. The van der Waals surface area contributed by atoms with Gasteiger partial charge in [0.05, 0.1) is 16.3 Å². The van der Waals surface area contributed by atoms with Crippen LogP contribution >= 0.6 is 11.8 Å². The third kappa shape index (κ3) is 4.92. The number of imidazole rings is 1. The molecule has 0 atom stereocenters. The molecule has 1 heterocycles. The summed E-state index contributed by atoms with van der Waals surface area (Å²) in [5.74, 6) is -0.0794. The zero-order valence-corrected chi connectivity index (χ0v) is 18.0. The Balaban J connectivity index is 1.40. The van der Waals surface area contributed by atoms with Gasteiger partial charge >= 0.3 is 0 Å². The molecule has 0 unspecified atom stereocenters. The van der Waals surface area contributed by atoms with Crippen molar-refractivity contribution in [2.24, 2.45) is 0 Å². The van der Waals surface area contributed by atoms with Crippen molar-refractivity contribution >= 4 is 33.4 Å². The number of anilines is 1. The number of benzene rings is 2. The number of carbonyl (C=O) groups is 1. The summed E-state index contributed by atoms with van der Waals surface area (Å²) in [6, 6.07) is 14.3. The van der Waals surface area contributed by atoms with Crippen LogP contribution in [0.3, 0.4) is 0 Å². The summed E-state index contributed by atoms with van der Waals surface area (Å²) in [7, 11) is -3.56. The number of aromatic nitrogens is 2. The highest BCUT2D eigenvalue weighted by molar-refractivity contribution is 7.99. The summed E-state index contributed by atoms with van der Waals surface area (Å²) in [6.07, 6.45) is 5.30. The fourth-order valence-corrected chi connectivity index (χ4v) is 5.09. The molecule has 156 valence electrons. The van der Waals surface area contributed by atoms with Crippen LogP contribution in [0.2, 0.25) is 0 Å². The molecule has 0 radical (unpaired) electrons. The molecule has 0 aliphatic heterocycles. The molecule has 2 aromatic carbocycles. The van der Waals surface area contributed by atoms with Gasteiger partial charge in [-0.15, -0.1) is 0 Å². The molecule has 0 spiro atoms. The molecule has 9 heteroatoms. The second kappa shape index (κ2) is 8.63. The van der Waals surface area contributed by atoms with E-state index < -0.39 is 10.0 Å². The fraction of sp³-hybridized carbons (Fsp3) is 0.238. The van der Waals surface area contributed by atoms with Gasteiger partial charge in [-0.3, -0.25) is 9.36 Å². The smallest absolute Gasteiger partial charge is 0.240 e. The summed E-state index contributed by atoms with van der Waals surface area (Å²) in [5.41, 5.74) is 2.57. The number of aryl methyl sites for hydroxylation is 1. The Morgan fingerprint density at radius 2 is 2.00 bits per heavy atom. The van der Waals surface area contributed by atoms with Gasteiger partial charge in [0.15, 0.2) is 5.16 Å². The molecule has 1 aliphatic carbocycles. The van der Waals surface area contributed by atoms with Crippen LogP contribution < -0.4 is 10.0 Å². The van der Waals surface area contributed by atoms with Gasteiger partial charge in [0.2, 0.25) is 15.9 Å². The van der Waals surface area contributed by atoms with Gasteiger partial charge in [-0.1, -0.05) is 36.0 Å². The largest absolute Gasteiger partial charge is 0.325 e. The van der Waals surface area contributed by atoms with Crippen LogP contribution in [-0.4, -0.2) is 35.7 Å². The Bertz CT molecular complexity index is 1170. The van der Waals surface area contributed by atoms with Gasteiger partial charge in [-0.05, 0) is 49.6 Å². The van der Waals surface area contributed by atoms with Crippen molar-refractivity contribution in [3.63, 3.8) is 0 Å². The molecule has 30 heavy (non-hydrogen) atoms. The molecule has 1 aromatic heterocycles. The van der Waals surface area contributed by atoms with Gasteiger partial charge < -0.3 is 5.32 Å². The van der Waals surface area contributed by atoms with Crippen molar-refractivity contribution in [1.82, 2.24) is 14.3 Å². The number of sulfonamides is 1. The lowest BCUT2D eigenvalue weighted by Gasteiger charge is -2.11. The van der Waals surface area contributed by atoms with E-state index in [9.17, 15) is 13.2 Å². The van der Waals surface area contributed by atoms with Crippen molar-refractivity contribution < 1.29 is 13.2 Å². The number of amides is 1. The second-order valence-electron chi connectivity index (χ2n) is 7.13. The Morgan fingerprint density at radius 1 is 1.20 bits per heavy atom. The van der Waals surface area contributed by atoms with E-state index in [1.54, 1.807) is 18.3 Å². The predicted molar refractivity (Wildman–Crippen MR) is 117 cm³/mol. The number of nitrogens with one attached hydrogen (secondary N) is 2. The fourth-order valence-electron chi connectivity index (χ4n) is 2.97. The lowest BCUT2D eigenvalue weighted by molar-refractivity contribution is -0.113. The van der Waals surface area contributed by atoms with Crippen molar-refractivity contribution in [1.29, 1.82) is 0 Å². The SMILES string of the molecule is Cc1ccccc1-n1ccnc1SCC(=O)Nc1cccc(S(=O)(=O)NC2CC2)c1. The van der Waals surface area contributed by atoms with Gasteiger partial charge in [0.1, 0.15) is 0 Å². The molecule has 2 N–H and O–H groups in total. The quantitative estimate of drug-likeness (QED) is 0.522. The van der Waals surface area contributed by atoms with Crippen LogP contribution in [0, 0.1) is 6.92 Å². The molecule has 1 fully saturated rings. The zero-order chi connectivity index (χ0) is 21.1. The normalized spacial score (nSPS) is 13.9. The minimum Gasteiger partial charge on any atom is -0.325 e. The highest BCUT2D eigenvalue weighted by Crippen LogP contribution is 2.24. The van der Waals surface area contributed by atoms with E-state index in [1.807, 2.05) is 42.0 Å². The van der Waals surface area contributed by atoms with Crippen LogP contribution in [-0.2, 0) is 14.8 Å². The van der Waals surface area contributed by atoms with Crippen LogP contribution in [0.1, 0.15) is 18.4 Å². The number of hydrogen-bond acceptors (Lipinski definition) is 5. The van der Waals surface area contributed by atoms with Gasteiger partial charge in [0, 0.05) is 24.1 Å². The number of rotatable bonds is 8. The summed E-state index contributed by atoms with van der Waals surface area (Å²) in [6.45, 7) is 2.02. The number of carbonyl (C=O) groups excluding carboxylic acids is 1. The average Bonchev–Trinajstić information content (AvgIpc) is 3.40. The van der Waals surface area contributed by atoms with Crippen molar-refractivity contribution in [2.45, 2.75) is 35.9 Å². The topological polar surface area (TPSA) is 93.1 Å². The molecule has 1 amide bonds. The standard InChI is InChI=1S/C21H22N4O3S2/c1-15-5-2-3-8-19(15)25-12-11-22-21(25)29-14-20(26)23-17-6-4-7-18(13-17)30(27,28)24-16-9-10-16/h2-8,11-13,16,24H,9-10,14H2,1H3,(H,23,26).